The van der Waals surface area contributed by atoms with Gasteiger partial charge in [0.25, 0.3) is 0 Å². The summed E-state index contributed by atoms with van der Waals surface area (Å²) in [7, 11) is 0. The van der Waals surface area contributed by atoms with E-state index >= 15 is 0 Å². The molecule has 0 amide bonds. The molecule has 1 aliphatic rings. The molecule has 16 heavy (non-hydrogen) atoms. The number of carboxylic acids is 2. The minimum absolute atomic E-state index is 0.704. The Bertz CT molecular complexity index is 312. The molecule has 0 bridgehead atoms. The van der Waals surface area contributed by atoms with Gasteiger partial charge in [0.2, 0.25) is 12.2 Å². The maximum absolute atomic E-state index is 11.1. The van der Waals surface area contributed by atoms with Crippen molar-refractivity contribution in [2.75, 3.05) is 0 Å². The van der Waals surface area contributed by atoms with E-state index in [4.69, 9.17) is 10.2 Å². The highest BCUT2D eigenvalue weighted by Crippen LogP contribution is 2.15. The van der Waals surface area contributed by atoms with Crippen LogP contribution in [0.2, 0.25) is 0 Å². The fourth-order valence-corrected chi connectivity index (χ4v) is 1.10. The smallest absolute Gasteiger partial charge is 0.348 e. The van der Waals surface area contributed by atoms with Crippen LogP contribution in [0.15, 0.2) is 0 Å². The summed E-state index contributed by atoms with van der Waals surface area (Å²) in [5.74, 6) is -4.75. The maximum Gasteiger partial charge on any atom is 0.348 e. The molecule has 0 spiro atoms. The van der Waals surface area contributed by atoms with Crippen molar-refractivity contribution in [3.63, 3.8) is 0 Å². The van der Waals surface area contributed by atoms with Crippen molar-refractivity contribution in [1.29, 1.82) is 0 Å². The number of carbonyl (C=O) groups is 4. The first-order valence-electron chi connectivity index (χ1n) is 4.24. The van der Waals surface area contributed by atoms with Crippen LogP contribution in [0.25, 0.3) is 0 Å². The van der Waals surface area contributed by atoms with Gasteiger partial charge in [-0.1, -0.05) is 0 Å². The number of hydrogen-bond acceptors (Lipinski definition) is 6. The van der Waals surface area contributed by atoms with Crippen molar-refractivity contribution in [3.8, 4) is 0 Å². The van der Waals surface area contributed by atoms with Crippen LogP contribution in [0.5, 0.6) is 0 Å². The van der Waals surface area contributed by atoms with Crippen LogP contribution in [0.4, 0.5) is 0 Å². The zero-order chi connectivity index (χ0) is 12.3. The SMILES string of the molecule is O=C(O)C[C@H]1OC(=O)[C@@H](CC(=O)O)OC1=O. The van der Waals surface area contributed by atoms with Gasteiger partial charge < -0.3 is 19.7 Å². The number of rotatable bonds is 4. The normalized spacial score (nSPS) is 24.5. The Morgan fingerprint density at radius 1 is 0.938 bits per heavy atom. The van der Waals surface area contributed by atoms with E-state index in [0.717, 1.165) is 0 Å². The average molecular weight is 232 g/mol. The second-order valence-corrected chi connectivity index (χ2v) is 3.05. The molecule has 1 rings (SSSR count). The molecule has 2 atom stereocenters. The van der Waals surface area contributed by atoms with Gasteiger partial charge in [-0.3, -0.25) is 9.59 Å². The molecule has 0 unspecified atom stereocenters. The molecular formula is C8H8O8. The number of carbonyl (C=O) groups excluding carboxylic acids is 2. The molecule has 1 heterocycles. The van der Waals surface area contributed by atoms with Crippen LogP contribution in [0.1, 0.15) is 12.8 Å². The Hall–Kier alpha value is -2.12. The standard InChI is InChI=1S/C8H8O8/c9-5(10)1-3-7(13)16-4(2-6(11)12)8(14)15-3/h3-4H,1-2H2,(H,9,10)(H,11,12)/t3-,4-/m1/s1. The molecule has 8 heteroatoms. The third-order valence-electron chi connectivity index (χ3n) is 1.76. The van der Waals surface area contributed by atoms with E-state index < -0.39 is 48.9 Å². The van der Waals surface area contributed by atoms with Gasteiger partial charge in [0.1, 0.15) is 0 Å². The Kier molecular flexibility index (Phi) is 3.44. The molecule has 0 saturated carbocycles. The molecule has 1 fully saturated rings. The van der Waals surface area contributed by atoms with E-state index in [1.54, 1.807) is 0 Å². The summed E-state index contributed by atoms with van der Waals surface area (Å²) < 4.78 is 8.93. The molecule has 1 saturated heterocycles. The molecule has 1 aliphatic heterocycles. The van der Waals surface area contributed by atoms with Crippen LogP contribution in [-0.2, 0) is 28.7 Å². The third-order valence-corrected chi connectivity index (χ3v) is 1.76. The Morgan fingerprint density at radius 3 is 1.50 bits per heavy atom. The third kappa shape index (κ3) is 2.94. The van der Waals surface area contributed by atoms with Crippen molar-refractivity contribution in [3.05, 3.63) is 0 Å². The van der Waals surface area contributed by atoms with Crippen LogP contribution < -0.4 is 0 Å². The lowest BCUT2D eigenvalue weighted by Gasteiger charge is -2.25. The summed E-state index contributed by atoms with van der Waals surface area (Å²) in [4.78, 5) is 42.8. The number of aliphatic carboxylic acids is 2. The highest BCUT2D eigenvalue weighted by atomic mass is 16.6. The van der Waals surface area contributed by atoms with Crippen molar-refractivity contribution in [1.82, 2.24) is 0 Å². The van der Waals surface area contributed by atoms with Crippen molar-refractivity contribution in [2.45, 2.75) is 25.0 Å². The van der Waals surface area contributed by atoms with Crippen molar-refractivity contribution in [2.24, 2.45) is 0 Å². The summed E-state index contributed by atoms with van der Waals surface area (Å²) in [5, 5.41) is 16.8. The van der Waals surface area contributed by atoms with Gasteiger partial charge in [0.15, 0.2) is 0 Å². The number of esters is 2. The molecule has 88 valence electrons. The number of carboxylic acid groups (broad SMARTS) is 2. The lowest BCUT2D eigenvalue weighted by atomic mass is 10.2. The lowest BCUT2D eigenvalue weighted by Crippen LogP contribution is -2.45. The van der Waals surface area contributed by atoms with Crippen LogP contribution >= 0.6 is 0 Å². The minimum Gasteiger partial charge on any atom is -0.481 e. The molecule has 8 nitrogen and oxygen atoms in total. The summed E-state index contributed by atoms with van der Waals surface area (Å²) in [6.45, 7) is 0. The van der Waals surface area contributed by atoms with Gasteiger partial charge in [-0.15, -0.1) is 0 Å². The summed E-state index contributed by atoms with van der Waals surface area (Å²) in [6, 6.07) is 0. The molecule has 0 radical (unpaired) electrons. The summed E-state index contributed by atoms with van der Waals surface area (Å²) >= 11 is 0. The summed E-state index contributed by atoms with van der Waals surface area (Å²) in [6.07, 6.45) is -4.42. The van der Waals surface area contributed by atoms with Crippen LogP contribution in [0.3, 0.4) is 0 Å². The lowest BCUT2D eigenvalue weighted by molar-refractivity contribution is -0.197. The topological polar surface area (TPSA) is 127 Å². The Labute approximate surface area is 88.7 Å². The number of hydrogen-bond donors (Lipinski definition) is 2. The fourth-order valence-electron chi connectivity index (χ4n) is 1.10. The quantitative estimate of drug-likeness (QED) is 0.577. The van der Waals surface area contributed by atoms with E-state index in [-0.39, 0.29) is 0 Å². The minimum atomic E-state index is -1.50. The van der Waals surface area contributed by atoms with Crippen molar-refractivity contribution >= 4 is 23.9 Å². The zero-order valence-electron chi connectivity index (χ0n) is 7.91. The molecule has 0 aromatic heterocycles. The first-order valence-corrected chi connectivity index (χ1v) is 4.24. The Morgan fingerprint density at radius 2 is 1.25 bits per heavy atom. The van der Waals surface area contributed by atoms with E-state index in [1.165, 1.54) is 0 Å². The molecule has 0 aliphatic carbocycles. The fraction of sp³-hybridized carbons (Fsp3) is 0.500. The largest absolute Gasteiger partial charge is 0.481 e. The predicted molar refractivity (Wildman–Crippen MR) is 44.3 cm³/mol. The van der Waals surface area contributed by atoms with E-state index in [9.17, 15) is 19.2 Å². The monoisotopic (exact) mass is 232 g/mol. The summed E-state index contributed by atoms with van der Waals surface area (Å²) in [5.41, 5.74) is 0. The van der Waals surface area contributed by atoms with Gasteiger partial charge in [0.05, 0.1) is 12.8 Å². The molecule has 0 aromatic carbocycles. The molecule has 0 aromatic rings. The molecule has 2 N–H and O–H groups in total. The second-order valence-electron chi connectivity index (χ2n) is 3.05. The van der Waals surface area contributed by atoms with Gasteiger partial charge >= 0.3 is 23.9 Å². The van der Waals surface area contributed by atoms with E-state index in [2.05, 4.69) is 9.47 Å². The highest BCUT2D eigenvalue weighted by molar-refractivity contribution is 5.91. The van der Waals surface area contributed by atoms with Crippen molar-refractivity contribution < 1.29 is 38.9 Å². The molecular weight excluding hydrogens is 224 g/mol. The second kappa shape index (κ2) is 4.60. The first-order chi connectivity index (χ1) is 7.40. The highest BCUT2D eigenvalue weighted by Gasteiger charge is 2.40. The maximum atomic E-state index is 11.1. The number of ether oxygens (including phenoxy) is 2. The van der Waals surface area contributed by atoms with Crippen LogP contribution in [-0.4, -0.2) is 46.3 Å². The zero-order valence-corrected chi connectivity index (χ0v) is 7.91. The average Bonchev–Trinajstić information content (AvgIpc) is 2.11. The van der Waals surface area contributed by atoms with Gasteiger partial charge in [-0.05, 0) is 0 Å². The van der Waals surface area contributed by atoms with Crippen LogP contribution in [0, 0.1) is 0 Å². The predicted octanol–water partition coefficient (Wildman–Crippen LogP) is -1.23. The first kappa shape index (κ1) is 12.0. The Balaban J connectivity index is 2.63. The van der Waals surface area contributed by atoms with E-state index in [0.29, 0.717) is 0 Å². The van der Waals surface area contributed by atoms with Gasteiger partial charge in [-0.2, -0.15) is 0 Å². The van der Waals surface area contributed by atoms with E-state index in [1.807, 2.05) is 0 Å². The van der Waals surface area contributed by atoms with Gasteiger partial charge in [-0.25, -0.2) is 9.59 Å². The number of cyclic esters (lactones) is 2. The van der Waals surface area contributed by atoms with Gasteiger partial charge in [0, 0.05) is 0 Å².